The number of unbranched alkanes of at least 4 members (excludes halogenated alkanes) is 2. The first-order valence-electron chi connectivity index (χ1n) is 8.97. The van der Waals surface area contributed by atoms with Gasteiger partial charge in [-0.3, -0.25) is 4.79 Å². The quantitative estimate of drug-likeness (QED) is 0.637. The zero-order valence-corrected chi connectivity index (χ0v) is 15.2. The van der Waals surface area contributed by atoms with Crippen LogP contribution in [-0.2, 0) is 11.3 Å². The van der Waals surface area contributed by atoms with Gasteiger partial charge >= 0.3 is 6.18 Å². The molecule has 1 aliphatic rings. The highest BCUT2D eigenvalue weighted by Gasteiger charge is 2.49. The van der Waals surface area contributed by atoms with Crippen LogP contribution in [0.4, 0.5) is 13.2 Å². The molecule has 1 atom stereocenters. The Morgan fingerprint density at radius 2 is 1.88 bits per heavy atom. The van der Waals surface area contributed by atoms with Crippen LogP contribution < -0.4 is 0 Å². The van der Waals surface area contributed by atoms with Crippen molar-refractivity contribution in [2.45, 2.75) is 71.6 Å². The molecule has 0 aromatic carbocycles. The van der Waals surface area contributed by atoms with Gasteiger partial charge in [0.25, 0.3) is 0 Å². The van der Waals surface area contributed by atoms with Crippen molar-refractivity contribution in [1.82, 2.24) is 14.5 Å². The van der Waals surface area contributed by atoms with Crippen LogP contribution in [0.1, 0.15) is 52.9 Å². The van der Waals surface area contributed by atoms with Crippen molar-refractivity contribution in [2.75, 3.05) is 6.54 Å². The number of imidazole rings is 1. The number of hydrogen-bond acceptors (Lipinski definition) is 2. The molecule has 0 saturated carbocycles. The van der Waals surface area contributed by atoms with E-state index in [1.807, 2.05) is 20.8 Å². The Hall–Kier alpha value is -1.79. The standard InChI is InChI=1S/C16H22F3N3O.C2H6/c1-2-3-4-6-13-11-14(23)22(15(13)16(17,18)19)9-5-8-21-10-7-20-12-21;1-2/h7,10-12,15H,2-6,8-9H2,1H3;1-2H3. The highest BCUT2D eigenvalue weighted by molar-refractivity contribution is 5.92. The summed E-state index contributed by atoms with van der Waals surface area (Å²) in [6.07, 6.45) is 5.04. The lowest BCUT2D eigenvalue weighted by molar-refractivity contribution is -0.176. The van der Waals surface area contributed by atoms with Gasteiger partial charge in [-0.1, -0.05) is 33.6 Å². The molecule has 2 heterocycles. The zero-order valence-electron chi connectivity index (χ0n) is 15.2. The van der Waals surface area contributed by atoms with Gasteiger partial charge in [-0.2, -0.15) is 13.2 Å². The SMILES string of the molecule is CC.CCCCCC1=CC(=O)N(CCCn2ccnc2)C1C(F)(F)F. The van der Waals surface area contributed by atoms with Crippen LogP contribution in [0.3, 0.4) is 0 Å². The highest BCUT2D eigenvalue weighted by atomic mass is 19.4. The molecule has 0 aliphatic carbocycles. The Labute approximate surface area is 147 Å². The first-order chi connectivity index (χ1) is 11.9. The van der Waals surface area contributed by atoms with Crippen molar-refractivity contribution < 1.29 is 18.0 Å². The summed E-state index contributed by atoms with van der Waals surface area (Å²) in [5, 5.41) is 0. The average Bonchev–Trinajstić information content (AvgIpc) is 3.18. The van der Waals surface area contributed by atoms with Gasteiger partial charge in [0.05, 0.1) is 6.33 Å². The Kier molecular flexibility index (Phi) is 8.72. The molecule has 1 aliphatic heterocycles. The summed E-state index contributed by atoms with van der Waals surface area (Å²) in [4.78, 5) is 16.8. The number of aryl methyl sites for hydroxylation is 1. The first kappa shape index (κ1) is 21.3. The molecule has 0 N–H and O–H groups in total. The third-order valence-corrected chi connectivity index (χ3v) is 4.01. The largest absolute Gasteiger partial charge is 0.412 e. The molecule has 0 saturated heterocycles. The lowest BCUT2D eigenvalue weighted by Gasteiger charge is -2.29. The van der Waals surface area contributed by atoms with Crippen LogP contribution in [0.15, 0.2) is 30.4 Å². The number of alkyl halides is 3. The fourth-order valence-electron chi connectivity index (χ4n) is 2.90. The smallest absolute Gasteiger partial charge is 0.337 e. The van der Waals surface area contributed by atoms with E-state index in [1.165, 1.54) is 6.08 Å². The van der Waals surface area contributed by atoms with Crippen molar-refractivity contribution in [3.05, 3.63) is 30.4 Å². The van der Waals surface area contributed by atoms with Gasteiger partial charge < -0.3 is 9.47 Å². The molecule has 0 radical (unpaired) electrons. The topological polar surface area (TPSA) is 38.1 Å². The minimum atomic E-state index is -4.42. The van der Waals surface area contributed by atoms with E-state index in [0.717, 1.165) is 17.7 Å². The van der Waals surface area contributed by atoms with Gasteiger partial charge in [0, 0.05) is 31.6 Å². The summed E-state index contributed by atoms with van der Waals surface area (Å²) >= 11 is 0. The Morgan fingerprint density at radius 3 is 2.44 bits per heavy atom. The third-order valence-electron chi connectivity index (χ3n) is 4.01. The summed E-state index contributed by atoms with van der Waals surface area (Å²) in [6.45, 7) is 6.63. The van der Waals surface area contributed by atoms with E-state index in [1.54, 1.807) is 23.3 Å². The normalized spacial score (nSPS) is 17.4. The van der Waals surface area contributed by atoms with Crippen LogP contribution in [0.25, 0.3) is 0 Å². The average molecular weight is 359 g/mol. The summed E-state index contributed by atoms with van der Waals surface area (Å²) in [7, 11) is 0. The first-order valence-corrected chi connectivity index (χ1v) is 8.97. The maximum absolute atomic E-state index is 13.4. The van der Waals surface area contributed by atoms with E-state index in [9.17, 15) is 18.0 Å². The molecule has 1 unspecified atom stereocenters. The number of nitrogens with zero attached hydrogens (tertiary/aromatic N) is 3. The van der Waals surface area contributed by atoms with E-state index in [4.69, 9.17) is 0 Å². The Morgan fingerprint density at radius 1 is 1.16 bits per heavy atom. The van der Waals surface area contributed by atoms with Gasteiger partial charge in [-0.15, -0.1) is 0 Å². The molecule has 25 heavy (non-hydrogen) atoms. The molecular formula is C18H28F3N3O. The predicted octanol–water partition coefficient (Wildman–Crippen LogP) is 4.58. The fraction of sp³-hybridized carbons (Fsp3) is 0.667. The molecule has 7 heteroatoms. The second kappa shape index (κ2) is 10.3. The molecule has 142 valence electrons. The summed E-state index contributed by atoms with van der Waals surface area (Å²) in [6, 6.07) is -1.75. The maximum atomic E-state index is 13.4. The van der Waals surface area contributed by atoms with E-state index < -0.39 is 18.1 Å². The van der Waals surface area contributed by atoms with Crippen molar-refractivity contribution in [1.29, 1.82) is 0 Å². The number of hydrogen-bond donors (Lipinski definition) is 0. The number of carbonyl (C=O) groups is 1. The van der Waals surface area contributed by atoms with Crippen molar-refractivity contribution in [3.8, 4) is 0 Å². The van der Waals surface area contributed by atoms with Gasteiger partial charge in [0.2, 0.25) is 5.91 Å². The monoisotopic (exact) mass is 359 g/mol. The Bertz CT molecular complexity index is 538. The van der Waals surface area contributed by atoms with E-state index in [-0.39, 0.29) is 12.1 Å². The number of aromatic nitrogens is 2. The predicted molar refractivity (Wildman–Crippen MR) is 92.0 cm³/mol. The van der Waals surface area contributed by atoms with E-state index >= 15 is 0 Å². The molecule has 4 nitrogen and oxygen atoms in total. The summed E-state index contributed by atoms with van der Waals surface area (Å²) < 4.78 is 42.0. The lowest BCUT2D eigenvalue weighted by atomic mass is 10.0. The van der Waals surface area contributed by atoms with Crippen LogP contribution >= 0.6 is 0 Å². The summed E-state index contributed by atoms with van der Waals surface area (Å²) in [5.41, 5.74) is 0.207. The molecule has 1 aromatic rings. The molecule has 1 aromatic heterocycles. The Balaban J connectivity index is 0.00000151. The minimum Gasteiger partial charge on any atom is -0.337 e. The van der Waals surface area contributed by atoms with Crippen LogP contribution in [-0.4, -0.2) is 39.1 Å². The number of rotatable bonds is 8. The molecule has 1 amide bonds. The highest BCUT2D eigenvalue weighted by Crippen LogP contribution is 2.36. The lowest BCUT2D eigenvalue weighted by Crippen LogP contribution is -2.46. The second-order valence-electron chi connectivity index (χ2n) is 5.81. The molecule has 0 fully saturated rings. The summed E-state index contributed by atoms with van der Waals surface area (Å²) in [5.74, 6) is -0.524. The third kappa shape index (κ3) is 6.21. The van der Waals surface area contributed by atoms with Crippen molar-refractivity contribution in [2.24, 2.45) is 0 Å². The molecular weight excluding hydrogens is 331 g/mol. The van der Waals surface area contributed by atoms with Gasteiger partial charge in [-0.05, 0) is 24.8 Å². The minimum absolute atomic E-state index is 0.0922. The van der Waals surface area contributed by atoms with Gasteiger partial charge in [0.1, 0.15) is 6.04 Å². The molecule has 0 spiro atoms. The number of amides is 1. The molecule has 2 rings (SSSR count). The van der Waals surface area contributed by atoms with Crippen LogP contribution in [0, 0.1) is 0 Å². The van der Waals surface area contributed by atoms with Crippen molar-refractivity contribution in [3.63, 3.8) is 0 Å². The zero-order chi connectivity index (χ0) is 18.9. The second-order valence-corrected chi connectivity index (χ2v) is 5.81. The van der Waals surface area contributed by atoms with E-state index in [2.05, 4.69) is 4.98 Å². The van der Waals surface area contributed by atoms with Gasteiger partial charge in [-0.25, -0.2) is 4.98 Å². The maximum Gasteiger partial charge on any atom is 0.412 e. The van der Waals surface area contributed by atoms with Crippen LogP contribution in [0.2, 0.25) is 0 Å². The molecule has 0 bridgehead atoms. The van der Waals surface area contributed by atoms with Crippen molar-refractivity contribution >= 4 is 5.91 Å². The number of halogens is 3. The van der Waals surface area contributed by atoms with E-state index in [0.29, 0.717) is 25.8 Å². The number of carbonyl (C=O) groups excluding carboxylic acids is 1. The fourth-order valence-corrected chi connectivity index (χ4v) is 2.90. The van der Waals surface area contributed by atoms with Crippen LogP contribution in [0.5, 0.6) is 0 Å². The van der Waals surface area contributed by atoms with Gasteiger partial charge in [0.15, 0.2) is 0 Å².